The number of carbonyl (C=O) groups is 1. The number of amides is 2. The van der Waals surface area contributed by atoms with Gasteiger partial charge in [0.1, 0.15) is 16.6 Å². The van der Waals surface area contributed by atoms with Gasteiger partial charge in [0.15, 0.2) is 6.79 Å². The van der Waals surface area contributed by atoms with Gasteiger partial charge in [-0.05, 0) is 37.0 Å². The first-order chi connectivity index (χ1) is 12.2. The van der Waals surface area contributed by atoms with Crippen molar-refractivity contribution in [2.45, 2.75) is 31.8 Å². The van der Waals surface area contributed by atoms with Gasteiger partial charge in [-0.15, -0.1) is 10.2 Å². The molecule has 25 heavy (non-hydrogen) atoms. The summed E-state index contributed by atoms with van der Waals surface area (Å²) in [7, 11) is 0. The number of hydrogen-bond acceptors (Lipinski definition) is 6. The van der Waals surface area contributed by atoms with E-state index in [-0.39, 0.29) is 18.6 Å². The fraction of sp³-hybridized carbons (Fsp3) is 0.438. The lowest BCUT2D eigenvalue weighted by Crippen LogP contribution is -2.30. The summed E-state index contributed by atoms with van der Waals surface area (Å²) in [6.07, 6.45) is 2.74. The van der Waals surface area contributed by atoms with Gasteiger partial charge in [0.25, 0.3) is 0 Å². The third-order valence-corrected chi connectivity index (χ3v) is 5.02. The zero-order valence-corrected chi connectivity index (χ0v) is 14.2. The van der Waals surface area contributed by atoms with E-state index >= 15 is 0 Å². The minimum atomic E-state index is -0.354. The van der Waals surface area contributed by atoms with Crippen molar-refractivity contribution in [3.05, 3.63) is 34.1 Å². The van der Waals surface area contributed by atoms with Crippen LogP contribution in [0.4, 0.5) is 14.3 Å². The van der Waals surface area contributed by atoms with Crippen molar-refractivity contribution in [1.29, 1.82) is 0 Å². The van der Waals surface area contributed by atoms with Gasteiger partial charge in [0, 0.05) is 18.0 Å². The van der Waals surface area contributed by atoms with Crippen molar-refractivity contribution in [1.82, 2.24) is 15.5 Å². The van der Waals surface area contributed by atoms with Crippen LogP contribution < -0.4 is 15.4 Å². The summed E-state index contributed by atoms with van der Waals surface area (Å²) < 4.78 is 24.3. The Kier molecular flexibility index (Phi) is 4.50. The highest BCUT2D eigenvalue weighted by molar-refractivity contribution is 7.15. The molecule has 2 heterocycles. The summed E-state index contributed by atoms with van der Waals surface area (Å²) in [4.78, 5) is 11.9. The lowest BCUT2D eigenvalue weighted by molar-refractivity contribution is -0.0172. The van der Waals surface area contributed by atoms with E-state index in [0.29, 0.717) is 47.5 Å². The number of anilines is 1. The van der Waals surface area contributed by atoms with E-state index in [9.17, 15) is 9.18 Å². The Morgan fingerprint density at radius 2 is 2.24 bits per heavy atom. The quantitative estimate of drug-likeness (QED) is 0.852. The van der Waals surface area contributed by atoms with Gasteiger partial charge in [-0.1, -0.05) is 11.3 Å². The Morgan fingerprint density at radius 3 is 3.08 bits per heavy atom. The zero-order valence-electron chi connectivity index (χ0n) is 13.4. The maximum Gasteiger partial charge on any atom is 0.321 e. The molecule has 7 nitrogen and oxygen atoms in total. The second-order valence-electron chi connectivity index (χ2n) is 6.01. The van der Waals surface area contributed by atoms with Crippen LogP contribution in [0.15, 0.2) is 12.1 Å². The van der Waals surface area contributed by atoms with Crippen LogP contribution in [-0.4, -0.2) is 29.6 Å². The first-order valence-electron chi connectivity index (χ1n) is 8.09. The normalized spacial score (nSPS) is 16.0. The van der Waals surface area contributed by atoms with Crippen LogP contribution in [0.3, 0.4) is 0 Å². The highest BCUT2D eigenvalue weighted by atomic mass is 32.1. The van der Waals surface area contributed by atoms with Crippen molar-refractivity contribution in [3.8, 4) is 5.75 Å². The Balaban J connectivity index is 1.31. The van der Waals surface area contributed by atoms with Crippen molar-refractivity contribution in [3.63, 3.8) is 0 Å². The molecule has 0 saturated heterocycles. The molecule has 1 aliphatic carbocycles. The molecule has 4 rings (SSSR count). The van der Waals surface area contributed by atoms with Gasteiger partial charge in [0.05, 0.1) is 6.61 Å². The van der Waals surface area contributed by atoms with Crippen LogP contribution in [0.2, 0.25) is 0 Å². The number of rotatable bonds is 5. The van der Waals surface area contributed by atoms with Crippen LogP contribution in [0.25, 0.3) is 0 Å². The summed E-state index contributed by atoms with van der Waals surface area (Å²) in [5.41, 5.74) is 1.40. The third-order valence-electron chi connectivity index (χ3n) is 4.02. The van der Waals surface area contributed by atoms with Gasteiger partial charge < -0.3 is 14.8 Å². The number of fused-ring (bicyclic) bond motifs is 1. The zero-order chi connectivity index (χ0) is 17.2. The molecule has 1 aliphatic heterocycles. The largest absolute Gasteiger partial charge is 0.467 e. The first kappa shape index (κ1) is 16.2. The number of urea groups is 1. The molecule has 1 aromatic carbocycles. The van der Waals surface area contributed by atoms with Crippen LogP contribution in [0.1, 0.15) is 34.9 Å². The summed E-state index contributed by atoms with van der Waals surface area (Å²) in [6, 6.07) is 2.48. The monoisotopic (exact) mass is 364 g/mol. The smallest absolute Gasteiger partial charge is 0.321 e. The lowest BCUT2D eigenvalue weighted by Gasteiger charge is -2.20. The van der Waals surface area contributed by atoms with Gasteiger partial charge >= 0.3 is 6.03 Å². The highest BCUT2D eigenvalue weighted by Gasteiger charge is 2.27. The molecule has 1 fully saturated rings. The molecule has 0 spiro atoms. The molecule has 1 aromatic heterocycles. The van der Waals surface area contributed by atoms with Crippen LogP contribution in [0.5, 0.6) is 5.75 Å². The summed E-state index contributed by atoms with van der Waals surface area (Å²) in [6.45, 7) is 0.828. The SMILES string of the molecule is O=C(NCCc1cc(F)cc2c1OCOC2)Nc1nnc(C2CC2)s1. The molecule has 2 amide bonds. The van der Waals surface area contributed by atoms with Crippen LogP contribution >= 0.6 is 11.3 Å². The summed E-state index contributed by atoms with van der Waals surface area (Å²) >= 11 is 1.40. The molecular weight excluding hydrogens is 347 g/mol. The fourth-order valence-corrected chi connectivity index (χ4v) is 3.58. The summed E-state index contributed by atoms with van der Waals surface area (Å²) in [5, 5.41) is 14.9. The molecule has 0 atom stereocenters. The first-order valence-corrected chi connectivity index (χ1v) is 8.91. The predicted octanol–water partition coefficient (Wildman–Crippen LogP) is 2.79. The molecule has 0 bridgehead atoms. The van der Waals surface area contributed by atoms with E-state index in [4.69, 9.17) is 9.47 Å². The number of nitrogens with one attached hydrogen (secondary N) is 2. The van der Waals surface area contributed by atoms with Gasteiger partial charge in [-0.25, -0.2) is 9.18 Å². The Labute approximate surface area is 147 Å². The molecular formula is C16H17FN4O3S. The van der Waals surface area contributed by atoms with Crippen LogP contribution in [0, 0.1) is 5.82 Å². The standard InChI is InChI=1S/C16H17FN4O3S/c17-12-5-10(13-11(6-12)7-23-8-24-13)3-4-18-15(22)19-16-21-20-14(25-16)9-1-2-9/h5-6,9H,1-4,7-8H2,(H2,18,19,21,22). The molecule has 2 aromatic rings. The summed E-state index contributed by atoms with van der Waals surface area (Å²) in [5.74, 6) is 0.820. The van der Waals surface area contributed by atoms with Crippen molar-refractivity contribution in [2.24, 2.45) is 0 Å². The van der Waals surface area contributed by atoms with Gasteiger partial charge in [-0.3, -0.25) is 5.32 Å². The van der Waals surface area contributed by atoms with E-state index in [1.54, 1.807) is 0 Å². The maximum atomic E-state index is 13.7. The number of aromatic nitrogens is 2. The molecule has 2 aliphatic rings. The number of carbonyl (C=O) groups excluding carboxylic acids is 1. The second kappa shape index (κ2) is 6.93. The van der Waals surface area contributed by atoms with Gasteiger partial charge in [0.2, 0.25) is 5.13 Å². The molecule has 1 saturated carbocycles. The number of ether oxygens (including phenoxy) is 2. The molecule has 0 unspecified atom stereocenters. The minimum absolute atomic E-state index is 0.153. The average Bonchev–Trinajstić information content (AvgIpc) is 3.35. The molecule has 2 N–H and O–H groups in total. The van der Waals surface area contributed by atoms with E-state index in [1.165, 1.54) is 23.5 Å². The Morgan fingerprint density at radius 1 is 1.36 bits per heavy atom. The predicted molar refractivity (Wildman–Crippen MR) is 89.3 cm³/mol. The fourth-order valence-electron chi connectivity index (χ4n) is 2.67. The average molecular weight is 364 g/mol. The second-order valence-corrected chi connectivity index (χ2v) is 7.02. The lowest BCUT2D eigenvalue weighted by atomic mass is 10.1. The van der Waals surface area contributed by atoms with Crippen molar-refractivity contribution in [2.75, 3.05) is 18.7 Å². The van der Waals surface area contributed by atoms with Crippen LogP contribution in [-0.2, 0) is 17.8 Å². The molecule has 0 radical (unpaired) electrons. The van der Waals surface area contributed by atoms with Crippen molar-refractivity contribution >= 4 is 22.5 Å². The Hall–Kier alpha value is -2.26. The number of nitrogens with zero attached hydrogens (tertiary/aromatic N) is 2. The van der Waals surface area contributed by atoms with E-state index < -0.39 is 0 Å². The van der Waals surface area contributed by atoms with Gasteiger partial charge in [-0.2, -0.15) is 0 Å². The topological polar surface area (TPSA) is 85.4 Å². The number of hydrogen-bond donors (Lipinski definition) is 2. The van der Waals surface area contributed by atoms with Crippen molar-refractivity contribution < 1.29 is 18.7 Å². The number of benzene rings is 1. The molecule has 9 heteroatoms. The number of halogens is 1. The van der Waals surface area contributed by atoms with E-state index in [0.717, 1.165) is 17.8 Å². The molecule has 132 valence electrons. The van der Waals surface area contributed by atoms with E-state index in [2.05, 4.69) is 20.8 Å². The highest BCUT2D eigenvalue weighted by Crippen LogP contribution is 2.42. The third kappa shape index (κ3) is 3.88. The minimum Gasteiger partial charge on any atom is -0.467 e. The maximum absolute atomic E-state index is 13.7. The Bertz CT molecular complexity index is 794. The van der Waals surface area contributed by atoms with E-state index in [1.807, 2.05) is 0 Å².